The van der Waals surface area contributed by atoms with Crippen molar-refractivity contribution in [2.45, 2.75) is 25.8 Å². The predicted molar refractivity (Wildman–Crippen MR) is 122 cm³/mol. The normalized spacial score (nSPS) is 15.7. The maximum atomic E-state index is 13.4. The number of benzene rings is 2. The highest BCUT2D eigenvalue weighted by Gasteiger charge is 2.29. The molecule has 9 heteroatoms. The van der Waals surface area contributed by atoms with Crippen molar-refractivity contribution >= 4 is 34.3 Å². The Balaban J connectivity index is 1.63. The van der Waals surface area contributed by atoms with Gasteiger partial charge in [-0.1, -0.05) is 12.1 Å². The van der Waals surface area contributed by atoms with Crippen molar-refractivity contribution in [3.63, 3.8) is 0 Å². The second-order valence-electron chi connectivity index (χ2n) is 8.25. The Morgan fingerprint density at radius 2 is 1.97 bits per heavy atom. The van der Waals surface area contributed by atoms with Gasteiger partial charge in [-0.15, -0.1) is 0 Å². The van der Waals surface area contributed by atoms with Gasteiger partial charge < -0.3 is 15.5 Å². The lowest BCUT2D eigenvalue weighted by molar-refractivity contribution is -0.129. The molecule has 8 nitrogen and oxygen atoms in total. The molecule has 3 aromatic rings. The third-order valence-corrected chi connectivity index (χ3v) is 5.71. The van der Waals surface area contributed by atoms with Crippen molar-refractivity contribution in [1.29, 1.82) is 0 Å². The zero-order valence-electron chi connectivity index (χ0n) is 18.6. The van der Waals surface area contributed by atoms with Crippen LogP contribution >= 0.6 is 0 Å². The minimum atomic E-state index is -0.494. The number of carbonyl (C=O) groups is 3. The van der Waals surface area contributed by atoms with E-state index in [1.165, 1.54) is 23.2 Å². The van der Waals surface area contributed by atoms with Crippen molar-refractivity contribution < 1.29 is 18.8 Å². The molecule has 1 unspecified atom stereocenters. The van der Waals surface area contributed by atoms with Gasteiger partial charge in [-0.2, -0.15) is 5.10 Å². The number of nitrogens with zero attached hydrogens (tertiary/aromatic N) is 3. The Kier molecular flexibility index (Phi) is 5.95. The maximum Gasteiger partial charge on any atom is 0.253 e. The van der Waals surface area contributed by atoms with Crippen LogP contribution in [0.1, 0.15) is 23.5 Å². The van der Waals surface area contributed by atoms with Gasteiger partial charge in [0.1, 0.15) is 12.4 Å². The quantitative estimate of drug-likeness (QED) is 0.626. The lowest BCUT2D eigenvalue weighted by Crippen LogP contribution is -2.32. The second kappa shape index (κ2) is 8.85. The summed E-state index contributed by atoms with van der Waals surface area (Å²) in [5, 5.41) is 10.7. The summed E-state index contributed by atoms with van der Waals surface area (Å²) >= 11 is 0. The van der Waals surface area contributed by atoms with E-state index in [1.807, 2.05) is 13.0 Å². The van der Waals surface area contributed by atoms with Gasteiger partial charge in [0.05, 0.1) is 11.7 Å². The van der Waals surface area contributed by atoms with Gasteiger partial charge >= 0.3 is 0 Å². The minimum Gasteiger partial charge on any atom is -0.347 e. The fourth-order valence-electron chi connectivity index (χ4n) is 3.79. The zero-order chi connectivity index (χ0) is 23.7. The van der Waals surface area contributed by atoms with E-state index in [9.17, 15) is 18.8 Å². The summed E-state index contributed by atoms with van der Waals surface area (Å²) in [6.45, 7) is 1.95. The topological polar surface area (TPSA) is 96.3 Å². The number of halogens is 1. The van der Waals surface area contributed by atoms with Crippen LogP contribution in [0.25, 0.3) is 10.9 Å². The number of hydrogen-bond acceptors (Lipinski definition) is 4. The highest BCUT2D eigenvalue weighted by Crippen LogP contribution is 2.32. The molecule has 2 N–H and O–H groups in total. The zero-order valence-corrected chi connectivity index (χ0v) is 18.6. The first-order valence-corrected chi connectivity index (χ1v) is 10.5. The van der Waals surface area contributed by atoms with Crippen LogP contribution in [0.15, 0.2) is 54.4 Å². The lowest BCUT2D eigenvalue weighted by atomic mass is 9.86. The fourth-order valence-corrected chi connectivity index (χ4v) is 3.79. The van der Waals surface area contributed by atoms with Gasteiger partial charge in [-0.25, -0.2) is 4.39 Å². The van der Waals surface area contributed by atoms with Crippen LogP contribution in [-0.2, 0) is 20.9 Å². The molecule has 33 heavy (non-hydrogen) atoms. The molecular formula is C24H24FN5O3. The molecule has 0 spiro atoms. The van der Waals surface area contributed by atoms with Crippen LogP contribution in [0.5, 0.6) is 0 Å². The molecule has 0 aliphatic carbocycles. The van der Waals surface area contributed by atoms with Crippen molar-refractivity contribution in [2.24, 2.45) is 0 Å². The molecule has 170 valence electrons. The van der Waals surface area contributed by atoms with Crippen molar-refractivity contribution in [3.8, 4) is 0 Å². The molecule has 1 aromatic heterocycles. The van der Waals surface area contributed by atoms with E-state index in [0.717, 1.165) is 10.9 Å². The highest BCUT2D eigenvalue weighted by molar-refractivity contribution is 6.07. The van der Waals surface area contributed by atoms with Crippen molar-refractivity contribution in [1.82, 2.24) is 20.0 Å². The number of amides is 3. The van der Waals surface area contributed by atoms with Gasteiger partial charge in [0.25, 0.3) is 5.91 Å². The van der Waals surface area contributed by atoms with Gasteiger partial charge in [-0.05, 0) is 42.3 Å². The number of rotatable bonds is 5. The predicted octanol–water partition coefficient (Wildman–Crippen LogP) is 2.70. The molecular weight excluding hydrogens is 425 g/mol. The first-order valence-electron chi connectivity index (χ1n) is 10.5. The number of nitrogens with one attached hydrogen (secondary N) is 2. The third-order valence-electron chi connectivity index (χ3n) is 5.71. The van der Waals surface area contributed by atoms with Crippen molar-refractivity contribution in [3.05, 3.63) is 71.3 Å². The smallest absolute Gasteiger partial charge is 0.253 e. The van der Waals surface area contributed by atoms with E-state index in [4.69, 9.17) is 0 Å². The molecule has 3 amide bonds. The number of anilines is 1. The Bertz CT molecular complexity index is 1280. The van der Waals surface area contributed by atoms with Gasteiger partial charge in [-0.3, -0.25) is 19.1 Å². The SMILES string of the molecule is Cc1cc2cnn(CC(=O)N(C)C)c2cc1NC(=O)C1=CNC(=O)CC1c1ccc(F)cc1. The van der Waals surface area contributed by atoms with Crippen LogP contribution < -0.4 is 10.6 Å². The van der Waals surface area contributed by atoms with Gasteiger partial charge in [0.15, 0.2) is 0 Å². The van der Waals surface area contributed by atoms with Gasteiger partial charge in [0.2, 0.25) is 11.8 Å². The van der Waals surface area contributed by atoms with E-state index in [0.29, 0.717) is 22.3 Å². The number of likely N-dealkylation sites (N-methyl/N-ethyl adjacent to an activating group) is 1. The average molecular weight is 449 g/mol. The van der Waals surface area contributed by atoms with E-state index in [2.05, 4.69) is 15.7 Å². The molecule has 2 heterocycles. The Hall–Kier alpha value is -4.01. The Labute approximate surface area is 190 Å². The van der Waals surface area contributed by atoms with Crippen LogP contribution in [0, 0.1) is 12.7 Å². The fraction of sp³-hybridized carbons (Fsp3) is 0.250. The lowest BCUT2D eigenvalue weighted by Gasteiger charge is -2.24. The van der Waals surface area contributed by atoms with Gasteiger partial charge in [0, 0.05) is 49.3 Å². The summed E-state index contributed by atoms with van der Waals surface area (Å²) in [5.41, 5.74) is 3.17. The highest BCUT2D eigenvalue weighted by atomic mass is 19.1. The number of carbonyl (C=O) groups excluding carboxylic acids is 3. The third kappa shape index (κ3) is 4.62. The van der Waals surface area contributed by atoms with Crippen LogP contribution in [0.4, 0.5) is 10.1 Å². The summed E-state index contributed by atoms with van der Waals surface area (Å²) in [6, 6.07) is 9.46. The van der Waals surface area contributed by atoms with Crippen LogP contribution in [0.2, 0.25) is 0 Å². The molecule has 1 atom stereocenters. The molecule has 0 saturated heterocycles. The van der Waals surface area contributed by atoms with E-state index in [1.54, 1.807) is 43.2 Å². The number of aryl methyl sites for hydroxylation is 1. The summed E-state index contributed by atoms with van der Waals surface area (Å²) in [6.07, 6.45) is 3.17. The monoisotopic (exact) mass is 449 g/mol. The van der Waals surface area contributed by atoms with E-state index >= 15 is 0 Å². The molecule has 0 radical (unpaired) electrons. The summed E-state index contributed by atoms with van der Waals surface area (Å²) in [4.78, 5) is 38.8. The first kappa shape index (κ1) is 22.2. The molecule has 2 aromatic carbocycles. The number of fused-ring (bicyclic) bond motifs is 1. The number of aromatic nitrogens is 2. The summed E-state index contributed by atoms with van der Waals surface area (Å²) in [7, 11) is 3.36. The Morgan fingerprint density at radius 3 is 2.67 bits per heavy atom. The van der Waals surface area contributed by atoms with Crippen molar-refractivity contribution in [2.75, 3.05) is 19.4 Å². The molecule has 1 aliphatic rings. The molecule has 0 saturated carbocycles. The molecule has 4 rings (SSSR count). The summed E-state index contributed by atoms with van der Waals surface area (Å²) < 4.78 is 15.0. The largest absolute Gasteiger partial charge is 0.347 e. The number of hydrogen-bond donors (Lipinski definition) is 2. The maximum absolute atomic E-state index is 13.4. The average Bonchev–Trinajstić information content (AvgIpc) is 3.15. The standard InChI is InChI=1S/C24H24FN5O3/c1-14-8-16-11-27-30(13-23(32)29(2)3)21(16)10-20(14)28-24(33)19-12-26-22(31)9-18(19)15-4-6-17(25)7-5-15/h4-8,10-12,18H,9,13H2,1-3H3,(H,26,31)(H,28,33). The minimum absolute atomic E-state index is 0.0801. The first-order chi connectivity index (χ1) is 15.7. The van der Waals surface area contributed by atoms with E-state index in [-0.39, 0.29) is 36.5 Å². The molecule has 1 aliphatic heterocycles. The molecule has 0 bridgehead atoms. The second-order valence-corrected chi connectivity index (χ2v) is 8.25. The molecule has 0 fully saturated rings. The van der Waals surface area contributed by atoms with Crippen LogP contribution in [-0.4, -0.2) is 46.5 Å². The van der Waals surface area contributed by atoms with Crippen LogP contribution in [0.3, 0.4) is 0 Å². The van der Waals surface area contributed by atoms with E-state index < -0.39 is 5.92 Å². The summed E-state index contributed by atoms with van der Waals surface area (Å²) in [5.74, 6) is -1.57. The Morgan fingerprint density at radius 1 is 1.24 bits per heavy atom.